The molecule has 0 saturated heterocycles. The van der Waals surface area contributed by atoms with Gasteiger partial charge in [-0.3, -0.25) is 10.9 Å². The second-order valence-electron chi connectivity index (χ2n) is 10.1. The molecular weight excluding hydrogens is 585 g/mol. The third-order valence-electron chi connectivity index (χ3n) is 6.08. The lowest BCUT2D eigenvalue weighted by atomic mass is 10.0. The topological polar surface area (TPSA) is 100 Å². The highest BCUT2D eigenvalue weighted by atomic mass is 32.1. The van der Waals surface area contributed by atoms with Gasteiger partial charge in [-0.15, -0.1) is 20.4 Å². The van der Waals surface area contributed by atoms with Crippen LogP contribution in [0.25, 0.3) is 43.4 Å². The molecule has 0 spiro atoms. The van der Waals surface area contributed by atoms with Gasteiger partial charge in [-0.2, -0.15) is 10.2 Å². The summed E-state index contributed by atoms with van der Waals surface area (Å²) < 4.78 is 0. The molecular formula is C34H32N8S2. The van der Waals surface area contributed by atoms with Crippen LogP contribution >= 0.6 is 22.7 Å². The largest absolute Gasteiger partial charge is 0.251 e. The molecule has 10 heteroatoms. The molecule has 2 aromatic heterocycles. The first-order valence-corrected chi connectivity index (χ1v) is 15.6. The van der Waals surface area contributed by atoms with Gasteiger partial charge in [0.1, 0.15) is 10.0 Å². The van der Waals surface area contributed by atoms with E-state index in [0.717, 1.165) is 32.6 Å². The van der Waals surface area contributed by atoms with Crippen LogP contribution in [0.3, 0.4) is 0 Å². The third kappa shape index (κ3) is 8.50. The molecule has 0 unspecified atom stereocenters. The van der Waals surface area contributed by atoms with Crippen LogP contribution in [0, 0.1) is 0 Å². The van der Waals surface area contributed by atoms with E-state index in [-0.39, 0.29) is 0 Å². The number of rotatable bonds is 8. The number of aromatic nitrogens is 4. The normalized spacial score (nSPS) is 10.3. The highest BCUT2D eigenvalue weighted by molar-refractivity contribution is 7.18. The molecule has 0 amide bonds. The summed E-state index contributed by atoms with van der Waals surface area (Å²) in [5.41, 5.74) is 14.6. The van der Waals surface area contributed by atoms with Crippen molar-refractivity contribution >= 4 is 44.4 Å². The molecule has 2 heterocycles. The summed E-state index contributed by atoms with van der Waals surface area (Å²) in [6.07, 6.45) is 0. The molecule has 44 heavy (non-hydrogen) atoms. The quantitative estimate of drug-likeness (QED) is 0.131. The van der Waals surface area contributed by atoms with Crippen LogP contribution in [0.4, 0.5) is 10.3 Å². The SMILES string of the molecule is CC(C)=NNc1nnc(-c2ccc(-c3ccccc3)cc2)s1.CC(C)=NNc1nnc(-c2ccc(-c3ccccc3)cc2)s1. The number of anilines is 2. The van der Waals surface area contributed by atoms with Crippen LogP contribution in [0.15, 0.2) is 119 Å². The van der Waals surface area contributed by atoms with Gasteiger partial charge >= 0.3 is 0 Å². The maximum Gasteiger partial charge on any atom is 0.226 e. The second-order valence-corrected chi connectivity index (χ2v) is 12.0. The lowest BCUT2D eigenvalue weighted by Crippen LogP contribution is -1.91. The van der Waals surface area contributed by atoms with E-state index in [1.165, 1.54) is 44.9 Å². The molecule has 0 saturated carbocycles. The molecule has 6 rings (SSSR count). The van der Waals surface area contributed by atoms with Crippen LogP contribution < -0.4 is 10.9 Å². The lowest BCUT2D eigenvalue weighted by Gasteiger charge is -2.02. The smallest absolute Gasteiger partial charge is 0.226 e. The number of hydrogen-bond acceptors (Lipinski definition) is 10. The Morgan fingerprint density at radius 1 is 0.432 bits per heavy atom. The second kappa shape index (κ2) is 14.9. The minimum Gasteiger partial charge on any atom is -0.251 e. The van der Waals surface area contributed by atoms with Gasteiger partial charge in [0.15, 0.2) is 0 Å². The summed E-state index contributed by atoms with van der Waals surface area (Å²) in [5, 5.41) is 28.0. The highest BCUT2D eigenvalue weighted by Gasteiger charge is 2.08. The van der Waals surface area contributed by atoms with Crippen molar-refractivity contribution in [2.24, 2.45) is 10.2 Å². The molecule has 0 aliphatic rings. The molecule has 0 fully saturated rings. The van der Waals surface area contributed by atoms with E-state index in [0.29, 0.717) is 10.3 Å². The molecule has 0 bridgehead atoms. The fourth-order valence-corrected chi connectivity index (χ4v) is 5.34. The zero-order valence-electron chi connectivity index (χ0n) is 24.9. The van der Waals surface area contributed by atoms with Gasteiger partial charge < -0.3 is 0 Å². The van der Waals surface area contributed by atoms with E-state index in [1.807, 2.05) is 64.1 Å². The minimum atomic E-state index is 0.698. The Labute approximate surface area is 265 Å². The fraction of sp³-hybridized carbons (Fsp3) is 0.118. The van der Waals surface area contributed by atoms with E-state index in [4.69, 9.17) is 0 Å². The van der Waals surface area contributed by atoms with Crippen molar-refractivity contribution in [3.8, 4) is 43.4 Å². The number of hydrazone groups is 2. The van der Waals surface area contributed by atoms with Gasteiger partial charge in [0.05, 0.1) is 0 Å². The highest BCUT2D eigenvalue weighted by Crippen LogP contribution is 2.30. The number of nitrogens with zero attached hydrogens (tertiary/aromatic N) is 6. The van der Waals surface area contributed by atoms with Gasteiger partial charge in [-0.25, -0.2) is 0 Å². The van der Waals surface area contributed by atoms with Crippen LogP contribution in [-0.2, 0) is 0 Å². The Morgan fingerprint density at radius 3 is 1.09 bits per heavy atom. The first-order chi connectivity index (χ1) is 21.4. The fourth-order valence-electron chi connectivity index (χ4n) is 3.96. The van der Waals surface area contributed by atoms with Gasteiger partial charge in [0.2, 0.25) is 10.3 Å². The zero-order chi connectivity index (χ0) is 30.7. The first kappa shape index (κ1) is 30.4. The Bertz CT molecular complexity index is 1680. The molecule has 8 nitrogen and oxygen atoms in total. The number of nitrogens with one attached hydrogen (secondary N) is 2. The summed E-state index contributed by atoms with van der Waals surface area (Å²) in [6.45, 7) is 7.71. The van der Waals surface area contributed by atoms with Gasteiger partial charge in [-0.05, 0) is 49.9 Å². The predicted molar refractivity (Wildman–Crippen MR) is 186 cm³/mol. The Hall–Kier alpha value is -5.06. The van der Waals surface area contributed by atoms with Gasteiger partial charge in [0, 0.05) is 22.6 Å². The molecule has 0 aliphatic carbocycles. The van der Waals surface area contributed by atoms with Crippen molar-refractivity contribution in [2.75, 3.05) is 10.9 Å². The van der Waals surface area contributed by atoms with Crippen molar-refractivity contribution in [3.05, 3.63) is 109 Å². The Kier molecular flexibility index (Phi) is 10.3. The average molecular weight is 617 g/mol. The van der Waals surface area contributed by atoms with Gasteiger partial charge in [-0.1, -0.05) is 132 Å². The van der Waals surface area contributed by atoms with Crippen LogP contribution in [0.2, 0.25) is 0 Å². The molecule has 4 aromatic carbocycles. The molecule has 0 atom stereocenters. The van der Waals surface area contributed by atoms with Crippen molar-refractivity contribution < 1.29 is 0 Å². The summed E-state index contributed by atoms with van der Waals surface area (Å²) in [4.78, 5) is 0. The first-order valence-electron chi connectivity index (χ1n) is 14.0. The van der Waals surface area contributed by atoms with Crippen LogP contribution in [-0.4, -0.2) is 31.8 Å². The minimum absolute atomic E-state index is 0.698. The van der Waals surface area contributed by atoms with E-state index in [2.05, 4.69) is 114 Å². The van der Waals surface area contributed by atoms with E-state index < -0.39 is 0 Å². The average Bonchev–Trinajstić information content (AvgIpc) is 3.75. The Morgan fingerprint density at radius 2 is 0.750 bits per heavy atom. The molecule has 0 aliphatic heterocycles. The maximum atomic E-state index is 4.20. The number of benzene rings is 4. The monoisotopic (exact) mass is 616 g/mol. The van der Waals surface area contributed by atoms with Crippen molar-refractivity contribution in [2.45, 2.75) is 27.7 Å². The van der Waals surface area contributed by atoms with Crippen molar-refractivity contribution in [3.63, 3.8) is 0 Å². The van der Waals surface area contributed by atoms with Crippen LogP contribution in [0.1, 0.15) is 27.7 Å². The van der Waals surface area contributed by atoms with E-state index >= 15 is 0 Å². The number of hydrogen-bond donors (Lipinski definition) is 2. The van der Waals surface area contributed by atoms with Crippen LogP contribution in [0.5, 0.6) is 0 Å². The lowest BCUT2D eigenvalue weighted by molar-refractivity contribution is 1.08. The standard InChI is InChI=1S/2C17H16N4S/c2*1-12(2)18-20-17-21-19-16(22-17)15-10-8-14(9-11-15)13-6-4-3-5-7-13/h2*3-11H,1-2H3,(H,20,21). The van der Waals surface area contributed by atoms with Crippen molar-refractivity contribution in [1.29, 1.82) is 0 Å². The van der Waals surface area contributed by atoms with E-state index in [1.54, 1.807) is 0 Å². The summed E-state index contributed by atoms with van der Waals surface area (Å²) in [6, 6.07) is 37.3. The summed E-state index contributed by atoms with van der Waals surface area (Å²) in [5.74, 6) is 0. The zero-order valence-corrected chi connectivity index (χ0v) is 26.5. The summed E-state index contributed by atoms with van der Waals surface area (Å²) in [7, 11) is 0. The molecule has 220 valence electrons. The maximum absolute atomic E-state index is 4.20. The van der Waals surface area contributed by atoms with E-state index in [9.17, 15) is 0 Å². The van der Waals surface area contributed by atoms with Gasteiger partial charge in [0.25, 0.3) is 0 Å². The molecule has 6 aromatic rings. The summed E-state index contributed by atoms with van der Waals surface area (Å²) >= 11 is 2.98. The Balaban J connectivity index is 0.000000175. The predicted octanol–water partition coefficient (Wildman–Crippen LogP) is 9.36. The molecule has 2 N–H and O–H groups in total. The van der Waals surface area contributed by atoms with Crippen molar-refractivity contribution in [1.82, 2.24) is 20.4 Å². The molecule has 0 radical (unpaired) electrons. The third-order valence-corrected chi connectivity index (χ3v) is 7.83.